The van der Waals surface area contributed by atoms with E-state index < -0.39 is 42.9 Å². The van der Waals surface area contributed by atoms with Crippen molar-refractivity contribution in [1.82, 2.24) is 0 Å². The van der Waals surface area contributed by atoms with E-state index in [0.717, 1.165) is 0 Å². The standard InChI is InChI=1S/C7H7F7O3/c8-5(9,1-4(16)17)3(2-15)6(10,11)7(12,13)14/h3,15H,1-2H2,(H,16,17). The molecule has 0 aliphatic carbocycles. The van der Waals surface area contributed by atoms with E-state index in [-0.39, 0.29) is 0 Å². The van der Waals surface area contributed by atoms with Crippen molar-refractivity contribution in [1.29, 1.82) is 0 Å². The van der Waals surface area contributed by atoms with Crippen LogP contribution in [0.15, 0.2) is 0 Å². The second-order valence-corrected chi connectivity index (χ2v) is 3.19. The van der Waals surface area contributed by atoms with E-state index in [4.69, 9.17) is 10.2 Å². The summed E-state index contributed by atoms with van der Waals surface area (Å²) < 4.78 is 86.2. The summed E-state index contributed by atoms with van der Waals surface area (Å²) >= 11 is 0. The number of carboxylic acids is 1. The fraction of sp³-hybridized carbons (Fsp3) is 0.857. The summed E-state index contributed by atoms with van der Waals surface area (Å²) in [5.74, 6) is -16.9. The lowest BCUT2D eigenvalue weighted by molar-refractivity contribution is -0.331. The van der Waals surface area contributed by atoms with E-state index in [0.29, 0.717) is 0 Å². The number of aliphatic hydroxyl groups excluding tert-OH is 1. The molecular weight excluding hydrogens is 265 g/mol. The highest BCUT2D eigenvalue weighted by Crippen LogP contribution is 2.47. The van der Waals surface area contributed by atoms with Crippen LogP contribution in [0.3, 0.4) is 0 Å². The van der Waals surface area contributed by atoms with Crippen molar-refractivity contribution in [2.75, 3.05) is 6.61 Å². The summed E-state index contributed by atoms with van der Waals surface area (Å²) in [6, 6.07) is 0. The third kappa shape index (κ3) is 3.45. The average molecular weight is 272 g/mol. The van der Waals surface area contributed by atoms with Gasteiger partial charge in [0.05, 0.1) is 6.61 Å². The molecule has 0 aromatic carbocycles. The van der Waals surface area contributed by atoms with Gasteiger partial charge in [-0.05, 0) is 0 Å². The normalized spacial score (nSPS) is 15.8. The predicted molar refractivity (Wildman–Crippen MR) is 38.8 cm³/mol. The third-order valence-corrected chi connectivity index (χ3v) is 1.89. The predicted octanol–water partition coefficient (Wildman–Crippen LogP) is 1.90. The van der Waals surface area contributed by atoms with E-state index in [1.807, 2.05) is 0 Å². The van der Waals surface area contributed by atoms with E-state index in [9.17, 15) is 35.5 Å². The topological polar surface area (TPSA) is 57.5 Å². The number of carbonyl (C=O) groups is 1. The monoisotopic (exact) mass is 272 g/mol. The summed E-state index contributed by atoms with van der Waals surface area (Å²) in [6.07, 6.45) is -8.54. The molecule has 0 saturated carbocycles. The van der Waals surface area contributed by atoms with Gasteiger partial charge in [0.25, 0.3) is 5.92 Å². The van der Waals surface area contributed by atoms with Crippen molar-refractivity contribution in [3.05, 3.63) is 0 Å². The van der Waals surface area contributed by atoms with Gasteiger partial charge in [0.1, 0.15) is 12.3 Å². The van der Waals surface area contributed by atoms with Crippen molar-refractivity contribution in [3.8, 4) is 0 Å². The Morgan fingerprint density at radius 2 is 1.47 bits per heavy atom. The van der Waals surface area contributed by atoms with Crippen molar-refractivity contribution < 1.29 is 45.7 Å². The first kappa shape index (κ1) is 15.9. The molecule has 10 heteroatoms. The summed E-state index contributed by atoms with van der Waals surface area (Å²) in [5.41, 5.74) is 0. The van der Waals surface area contributed by atoms with Crippen LogP contribution in [0.1, 0.15) is 6.42 Å². The van der Waals surface area contributed by atoms with Crippen LogP contribution < -0.4 is 0 Å². The highest BCUT2D eigenvalue weighted by molar-refractivity contribution is 5.67. The maximum absolute atomic E-state index is 12.8. The molecule has 0 bridgehead atoms. The Morgan fingerprint density at radius 1 is 1.06 bits per heavy atom. The molecule has 2 N–H and O–H groups in total. The molecule has 0 aromatic heterocycles. The largest absolute Gasteiger partial charge is 0.481 e. The minimum Gasteiger partial charge on any atom is -0.481 e. The van der Waals surface area contributed by atoms with Crippen molar-refractivity contribution in [2.24, 2.45) is 5.92 Å². The quantitative estimate of drug-likeness (QED) is 0.751. The van der Waals surface area contributed by atoms with Crippen molar-refractivity contribution >= 4 is 5.97 Å². The molecule has 0 saturated heterocycles. The number of hydrogen-bond donors (Lipinski definition) is 2. The molecule has 17 heavy (non-hydrogen) atoms. The van der Waals surface area contributed by atoms with E-state index >= 15 is 0 Å². The Bertz CT molecular complexity index is 286. The van der Waals surface area contributed by atoms with Crippen LogP contribution in [-0.2, 0) is 4.79 Å². The Hall–Kier alpha value is -1.06. The molecule has 0 amide bonds. The van der Waals surface area contributed by atoms with Gasteiger partial charge in [-0.15, -0.1) is 0 Å². The molecule has 0 aromatic rings. The lowest BCUT2D eigenvalue weighted by Gasteiger charge is -2.32. The minimum atomic E-state index is -6.30. The fourth-order valence-corrected chi connectivity index (χ4v) is 1.04. The van der Waals surface area contributed by atoms with Crippen LogP contribution in [0.25, 0.3) is 0 Å². The van der Waals surface area contributed by atoms with Gasteiger partial charge in [-0.1, -0.05) is 0 Å². The maximum Gasteiger partial charge on any atom is 0.453 e. The van der Waals surface area contributed by atoms with Crippen LogP contribution in [0.5, 0.6) is 0 Å². The number of rotatable bonds is 5. The zero-order valence-electron chi connectivity index (χ0n) is 7.94. The Morgan fingerprint density at radius 3 is 1.71 bits per heavy atom. The Kier molecular flexibility index (Phi) is 4.38. The second kappa shape index (κ2) is 4.67. The summed E-state index contributed by atoms with van der Waals surface area (Å²) in [6.45, 7) is -2.20. The van der Waals surface area contributed by atoms with Crippen LogP contribution in [0, 0.1) is 5.92 Å². The lowest BCUT2D eigenvalue weighted by atomic mass is 9.92. The van der Waals surface area contributed by atoms with Crippen LogP contribution in [-0.4, -0.2) is 40.8 Å². The molecule has 0 radical (unpaired) electrons. The Labute approximate surface area is 89.8 Å². The van der Waals surface area contributed by atoms with Crippen LogP contribution in [0.2, 0.25) is 0 Å². The number of aliphatic carboxylic acids is 1. The van der Waals surface area contributed by atoms with Gasteiger partial charge in [-0.2, -0.15) is 22.0 Å². The Balaban J connectivity index is 5.27. The summed E-state index contributed by atoms with van der Waals surface area (Å²) in [7, 11) is 0. The van der Waals surface area contributed by atoms with Gasteiger partial charge in [-0.25, -0.2) is 8.78 Å². The minimum absolute atomic E-state index is 2.20. The SMILES string of the molecule is O=C(O)CC(F)(F)C(CO)C(F)(F)C(F)(F)F. The molecule has 1 atom stereocenters. The zero-order chi connectivity index (χ0) is 14.1. The van der Waals surface area contributed by atoms with E-state index in [1.54, 1.807) is 0 Å². The molecule has 1 unspecified atom stereocenters. The van der Waals surface area contributed by atoms with Crippen molar-refractivity contribution in [3.63, 3.8) is 0 Å². The lowest BCUT2D eigenvalue weighted by Crippen LogP contribution is -2.53. The van der Waals surface area contributed by atoms with E-state index in [1.165, 1.54) is 0 Å². The average Bonchev–Trinajstić information content (AvgIpc) is 1.97. The van der Waals surface area contributed by atoms with Gasteiger partial charge in [0.2, 0.25) is 0 Å². The summed E-state index contributed by atoms with van der Waals surface area (Å²) in [4.78, 5) is 9.92. The third-order valence-electron chi connectivity index (χ3n) is 1.89. The highest BCUT2D eigenvalue weighted by Gasteiger charge is 2.68. The highest BCUT2D eigenvalue weighted by atomic mass is 19.4. The van der Waals surface area contributed by atoms with Crippen molar-refractivity contribution in [2.45, 2.75) is 24.4 Å². The van der Waals surface area contributed by atoms with Gasteiger partial charge in [0, 0.05) is 0 Å². The van der Waals surface area contributed by atoms with Gasteiger partial charge < -0.3 is 10.2 Å². The molecule has 0 rings (SSSR count). The van der Waals surface area contributed by atoms with Crippen LogP contribution in [0.4, 0.5) is 30.7 Å². The van der Waals surface area contributed by atoms with E-state index in [2.05, 4.69) is 0 Å². The molecule has 0 aliphatic rings. The van der Waals surface area contributed by atoms with Gasteiger partial charge in [0.15, 0.2) is 0 Å². The molecule has 0 heterocycles. The molecule has 0 fully saturated rings. The number of aliphatic hydroxyl groups is 1. The molecule has 102 valence electrons. The van der Waals surface area contributed by atoms with Gasteiger partial charge in [-0.3, -0.25) is 4.79 Å². The molecule has 0 spiro atoms. The number of alkyl halides is 7. The molecular formula is C7H7F7O3. The first-order valence-corrected chi connectivity index (χ1v) is 4.01. The zero-order valence-corrected chi connectivity index (χ0v) is 7.94. The fourth-order valence-electron chi connectivity index (χ4n) is 1.04. The first-order valence-electron chi connectivity index (χ1n) is 4.01. The van der Waals surface area contributed by atoms with Crippen LogP contribution >= 0.6 is 0 Å². The number of hydrogen-bond acceptors (Lipinski definition) is 2. The smallest absolute Gasteiger partial charge is 0.453 e. The summed E-state index contributed by atoms with van der Waals surface area (Å²) in [5, 5.41) is 16.2. The maximum atomic E-state index is 12.8. The van der Waals surface area contributed by atoms with Gasteiger partial charge >= 0.3 is 18.1 Å². The molecule has 0 aliphatic heterocycles. The first-order chi connectivity index (χ1) is 7.36. The number of carboxylic acid groups (broad SMARTS) is 1. The molecule has 3 nitrogen and oxygen atoms in total. The second-order valence-electron chi connectivity index (χ2n) is 3.19. The number of halogens is 7.